The molecule has 0 unspecified atom stereocenters. The molecule has 28 heavy (non-hydrogen) atoms. The third-order valence-electron chi connectivity index (χ3n) is 5.00. The Morgan fingerprint density at radius 2 is 2.00 bits per heavy atom. The topological polar surface area (TPSA) is 86.4 Å². The Bertz CT molecular complexity index is 910. The average molecular weight is 386 g/mol. The number of H-pyrrole nitrogens is 1. The second kappa shape index (κ2) is 8.33. The van der Waals surface area contributed by atoms with Crippen LogP contribution in [0.3, 0.4) is 0 Å². The van der Waals surface area contributed by atoms with Crippen molar-refractivity contribution in [1.82, 2.24) is 19.8 Å². The number of nitrogens with one attached hydrogen (secondary N) is 1. The zero-order chi connectivity index (χ0) is 20.3. The van der Waals surface area contributed by atoms with E-state index in [0.29, 0.717) is 13.1 Å². The molecule has 0 spiro atoms. The molecule has 0 radical (unpaired) electrons. The highest BCUT2D eigenvalue weighted by Gasteiger charge is 2.34. The minimum absolute atomic E-state index is 0.0376. The normalized spacial score (nSPS) is 17.7. The number of amides is 2. The SMILES string of the molecule is CC(C)[C@H]1CN(C(=O)c2cnc[nH]c2=O)CCC(=O)N1Cc1ccc(F)cc1. The number of rotatable bonds is 4. The summed E-state index contributed by atoms with van der Waals surface area (Å²) in [4.78, 5) is 47.1. The molecule has 3 rings (SSSR count). The van der Waals surface area contributed by atoms with E-state index in [9.17, 15) is 18.8 Å². The smallest absolute Gasteiger partial charge is 0.263 e. The molecule has 148 valence electrons. The van der Waals surface area contributed by atoms with E-state index in [-0.39, 0.29) is 42.2 Å². The van der Waals surface area contributed by atoms with Gasteiger partial charge in [0.05, 0.1) is 12.4 Å². The molecule has 1 aromatic heterocycles. The molecule has 8 heteroatoms. The van der Waals surface area contributed by atoms with Crippen LogP contribution in [0, 0.1) is 11.7 Å². The maximum Gasteiger partial charge on any atom is 0.263 e. The fourth-order valence-corrected chi connectivity index (χ4v) is 3.39. The molecule has 1 N–H and O–H groups in total. The summed E-state index contributed by atoms with van der Waals surface area (Å²) >= 11 is 0. The lowest BCUT2D eigenvalue weighted by Gasteiger charge is -2.34. The van der Waals surface area contributed by atoms with Crippen molar-refractivity contribution in [1.29, 1.82) is 0 Å². The second-order valence-corrected chi connectivity index (χ2v) is 7.26. The van der Waals surface area contributed by atoms with E-state index in [2.05, 4.69) is 9.97 Å². The first kappa shape index (κ1) is 19.7. The van der Waals surface area contributed by atoms with E-state index in [1.165, 1.54) is 24.7 Å². The van der Waals surface area contributed by atoms with Gasteiger partial charge in [-0.25, -0.2) is 9.37 Å². The number of hydrogen-bond donors (Lipinski definition) is 1. The van der Waals surface area contributed by atoms with E-state index >= 15 is 0 Å². The summed E-state index contributed by atoms with van der Waals surface area (Å²) in [6.07, 6.45) is 2.63. The lowest BCUT2D eigenvalue weighted by atomic mass is 10.0. The molecule has 1 aromatic carbocycles. The van der Waals surface area contributed by atoms with Crippen LogP contribution in [-0.2, 0) is 11.3 Å². The number of carbonyl (C=O) groups is 2. The Labute approximate surface area is 162 Å². The van der Waals surface area contributed by atoms with Crippen LogP contribution in [0.15, 0.2) is 41.6 Å². The van der Waals surface area contributed by atoms with Crippen molar-refractivity contribution in [3.8, 4) is 0 Å². The predicted molar refractivity (Wildman–Crippen MR) is 101 cm³/mol. The van der Waals surface area contributed by atoms with Crippen LogP contribution >= 0.6 is 0 Å². The Morgan fingerprint density at radius 3 is 2.64 bits per heavy atom. The van der Waals surface area contributed by atoms with E-state index < -0.39 is 11.5 Å². The minimum atomic E-state index is -0.500. The maximum atomic E-state index is 13.2. The van der Waals surface area contributed by atoms with Gasteiger partial charge in [0, 0.05) is 32.3 Å². The highest BCUT2D eigenvalue weighted by atomic mass is 19.1. The Morgan fingerprint density at radius 1 is 1.29 bits per heavy atom. The van der Waals surface area contributed by atoms with Crippen molar-refractivity contribution in [2.75, 3.05) is 13.1 Å². The van der Waals surface area contributed by atoms with Gasteiger partial charge >= 0.3 is 0 Å². The number of aromatic nitrogens is 2. The summed E-state index contributed by atoms with van der Waals surface area (Å²) in [5.74, 6) is -0.746. The zero-order valence-corrected chi connectivity index (χ0v) is 15.9. The Hall–Kier alpha value is -3.03. The molecule has 1 aliphatic rings. The lowest BCUT2D eigenvalue weighted by molar-refractivity contribution is -0.134. The van der Waals surface area contributed by atoms with Crippen molar-refractivity contribution in [2.45, 2.75) is 32.9 Å². The molecule has 0 bridgehead atoms. The molecule has 1 atom stereocenters. The van der Waals surface area contributed by atoms with E-state index in [1.54, 1.807) is 21.9 Å². The van der Waals surface area contributed by atoms with Crippen molar-refractivity contribution >= 4 is 11.8 Å². The highest BCUT2D eigenvalue weighted by molar-refractivity contribution is 5.94. The van der Waals surface area contributed by atoms with Crippen LogP contribution in [0.1, 0.15) is 36.2 Å². The Balaban J connectivity index is 1.85. The van der Waals surface area contributed by atoms with Crippen molar-refractivity contribution < 1.29 is 14.0 Å². The molecule has 1 aliphatic heterocycles. The van der Waals surface area contributed by atoms with Gasteiger partial charge in [-0.15, -0.1) is 0 Å². The van der Waals surface area contributed by atoms with E-state index in [0.717, 1.165) is 5.56 Å². The van der Waals surface area contributed by atoms with Gasteiger partial charge < -0.3 is 14.8 Å². The van der Waals surface area contributed by atoms with Crippen LogP contribution in [0.4, 0.5) is 4.39 Å². The van der Waals surface area contributed by atoms with Gasteiger partial charge in [-0.3, -0.25) is 14.4 Å². The average Bonchev–Trinajstić information content (AvgIpc) is 2.83. The van der Waals surface area contributed by atoms with E-state index in [1.807, 2.05) is 13.8 Å². The van der Waals surface area contributed by atoms with Crippen LogP contribution in [0.5, 0.6) is 0 Å². The lowest BCUT2D eigenvalue weighted by Crippen LogP contribution is -2.47. The first-order valence-electron chi connectivity index (χ1n) is 9.22. The molecule has 0 saturated carbocycles. The fourth-order valence-electron chi connectivity index (χ4n) is 3.39. The van der Waals surface area contributed by atoms with E-state index in [4.69, 9.17) is 0 Å². The summed E-state index contributed by atoms with van der Waals surface area (Å²) in [6, 6.07) is 5.82. The summed E-state index contributed by atoms with van der Waals surface area (Å²) in [6.45, 7) is 4.87. The third-order valence-corrected chi connectivity index (χ3v) is 5.00. The zero-order valence-electron chi connectivity index (χ0n) is 15.9. The molecule has 2 amide bonds. The van der Waals surface area contributed by atoms with Gasteiger partial charge in [0.2, 0.25) is 5.91 Å². The largest absolute Gasteiger partial charge is 0.336 e. The first-order chi connectivity index (χ1) is 13.4. The van der Waals surface area contributed by atoms with Gasteiger partial charge in [0.15, 0.2) is 0 Å². The molecular weight excluding hydrogens is 363 g/mol. The summed E-state index contributed by atoms with van der Waals surface area (Å²) < 4.78 is 13.2. The fraction of sp³-hybridized carbons (Fsp3) is 0.400. The second-order valence-electron chi connectivity index (χ2n) is 7.26. The number of benzene rings is 1. The van der Waals surface area contributed by atoms with Crippen LogP contribution < -0.4 is 5.56 Å². The van der Waals surface area contributed by atoms with Crippen LogP contribution in [-0.4, -0.2) is 50.7 Å². The summed E-state index contributed by atoms with van der Waals surface area (Å²) in [5.41, 5.74) is 0.285. The Kier molecular flexibility index (Phi) is 5.87. The maximum absolute atomic E-state index is 13.2. The third kappa shape index (κ3) is 4.27. The predicted octanol–water partition coefficient (Wildman–Crippen LogP) is 1.81. The number of hydrogen-bond acceptors (Lipinski definition) is 4. The summed E-state index contributed by atoms with van der Waals surface area (Å²) in [5, 5.41) is 0. The van der Waals surface area contributed by atoms with Crippen LogP contribution in [0.2, 0.25) is 0 Å². The number of carbonyl (C=O) groups excluding carboxylic acids is 2. The van der Waals surface area contributed by atoms with Crippen LogP contribution in [0.25, 0.3) is 0 Å². The van der Waals surface area contributed by atoms with Crippen molar-refractivity contribution in [3.63, 3.8) is 0 Å². The monoisotopic (exact) mass is 386 g/mol. The number of halogens is 1. The van der Waals surface area contributed by atoms with Gasteiger partial charge in [-0.05, 0) is 23.6 Å². The number of aromatic amines is 1. The molecule has 2 aromatic rings. The minimum Gasteiger partial charge on any atom is -0.336 e. The standard InChI is InChI=1S/C20H23FN4O3/c1-13(2)17-11-24(20(28)16-9-22-12-23-19(16)27)8-7-18(26)25(17)10-14-3-5-15(21)6-4-14/h3-6,9,12-13,17H,7-8,10-11H2,1-2H3,(H,22,23,27)/t17-/m1/s1. The molecule has 0 aliphatic carbocycles. The molecule has 2 heterocycles. The van der Waals surface area contributed by atoms with Gasteiger partial charge in [0.1, 0.15) is 11.4 Å². The van der Waals surface area contributed by atoms with Crippen molar-refractivity contribution in [2.24, 2.45) is 5.92 Å². The van der Waals surface area contributed by atoms with Gasteiger partial charge in [-0.1, -0.05) is 26.0 Å². The molecule has 1 saturated heterocycles. The van der Waals surface area contributed by atoms with Crippen molar-refractivity contribution in [3.05, 3.63) is 64.1 Å². The quantitative estimate of drug-likeness (QED) is 0.868. The number of nitrogens with zero attached hydrogens (tertiary/aromatic N) is 3. The van der Waals surface area contributed by atoms with Gasteiger partial charge in [0.25, 0.3) is 11.5 Å². The molecular formula is C20H23FN4O3. The highest BCUT2D eigenvalue weighted by Crippen LogP contribution is 2.22. The first-order valence-corrected chi connectivity index (χ1v) is 9.22. The van der Waals surface area contributed by atoms with Gasteiger partial charge in [-0.2, -0.15) is 0 Å². The molecule has 1 fully saturated rings. The molecule has 7 nitrogen and oxygen atoms in total. The summed E-state index contributed by atoms with van der Waals surface area (Å²) in [7, 11) is 0.